The summed E-state index contributed by atoms with van der Waals surface area (Å²) < 4.78 is 0. The summed E-state index contributed by atoms with van der Waals surface area (Å²) in [6, 6.07) is 7.98. The zero-order valence-electron chi connectivity index (χ0n) is 14.5. The number of carbonyl (C=O) groups excluding carboxylic acids is 1. The largest absolute Gasteiger partial charge is 0.339 e. The number of carbonyl (C=O) groups is 1. The molecule has 5 nitrogen and oxygen atoms in total. The van der Waals surface area contributed by atoms with E-state index in [1.807, 2.05) is 43.0 Å². The SMILES string of the molecule is CCN1CCN(C(=O)[C@H](C)Sc2nc(C)nc3ccccc23)CC1. The Kier molecular flexibility index (Phi) is 5.36. The third kappa shape index (κ3) is 3.70. The summed E-state index contributed by atoms with van der Waals surface area (Å²) in [7, 11) is 0. The first kappa shape index (κ1) is 17.2. The molecule has 0 spiro atoms. The van der Waals surface area contributed by atoms with Crippen molar-refractivity contribution in [1.29, 1.82) is 0 Å². The Labute approximate surface area is 147 Å². The van der Waals surface area contributed by atoms with Crippen LogP contribution in [-0.2, 0) is 4.79 Å². The molecule has 1 atom stereocenters. The zero-order chi connectivity index (χ0) is 17.1. The molecule has 128 valence electrons. The number of para-hydroxylation sites is 1. The Morgan fingerprint density at radius 3 is 2.62 bits per heavy atom. The predicted molar refractivity (Wildman–Crippen MR) is 98.3 cm³/mol. The van der Waals surface area contributed by atoms with Gasteiger partial charge in [0.05, 0.1) is 10.8 Å². The minimum Gasteiger partial charge on any atom is -0.339 e. The maximum atomic E-state index is 12.8. The number of aromatic nitrogens is 2. The highest BCUT2D eigenvalue weighted by Crippen LogP contribution is 2.29. The van der Waals surface area contributed by atoms with E-state index in [1.165, 1.54) is 11.8 Å². The lowest BCUT2D eigenvalue weighted by molar-refractivity contribution is -0.132. The van der Waals surface area contributed by atoms with Crippen LogP contribution in [-0.4, -0.2) is 63.6 Å². The van der Waals surface area contributed by atoms with E-state index < -0.39 is 0 Å². The third-order valence-corrected chi connectivity index (χ3v) is 5.54. The summed E-state index contributed by atoms with van der Waals surface area (Å²) in [5.74, 6) is 0.948. The Morgan fingerprint density at radius 2 is 1.92 bits per heavy atom. The first-order chi connectivity index (χ1) is 11.6. The summed E-state index contributed by atoms with van der Waals surface area (Å²) >= 11 is 1.54. The quantitative estimate of drug-likeness (QED) is 0.630. The van der Waals surface area contributed by atoms with Crippen LogP contribution in [0.5, 0.6) is 0 Å². The molecule has 0 N–H and O–H groups in total. The number of rotatable bonds is 4. The number of nitrogens with zero attached hydrogens (tertiary/aromatic N) is 4. The van der Waals surface area contributed by atoms with Crippen LogP contribution in [0.4, 0.5) is 0 Å². The van der Waals surface area contributed by atoms with Crippen LogP contribution in [0, 0.1) is 6.92 Å². The van der Waals surface area contributed by atoms with Crippen molar-refractivity contribution >= 4 is 28.6 Å². The smallest absolute Gasteiger partial charge is 0.235 e. The van der Waals surface area contributed by atoms with Gasteiger partial charge in [-0.3, -0.25) is 4.79 Å². The number of hydrogen-bond donors (Lipinski definition) is 0. The standard InChI is InChI=1S/C18H24N4OS/c1-4-21-9-11-22(12-10-21)18(23)13(2)24-17-15-7-5-6-8-16(15)19-14(3)20-17/h5-8,13H,4,9-12H2,1-3H3/t13-/m0/s1. The Morgan fingerprint density at radius 1 is 1.21 bits per heavy atom. The monoisotopic (exact) mass is 344 g/mol. The molecular formula is C18H24N4OS. The highest BCUT2D eigenvalue weighted by atomic mass is 32.2. The fraction of sp³-hybridized carbons (Fsp3) is 0.500. The van der Waals surface area contributed by atoms with E-state index in [2.05, 4.69) is 21.8 Å². The van der Waals surface area contributed by atoms with Crippen molar-refractivity contribution in [3.05, 3.63) is 30.1 Å². The van der Waals surface area contributed by atoms with Gasteiger partial charge in [-0.05, 0) is 26.5 Å². The minimum atomic E-state index is -0.143. The van der Waals surface area contributed by atoms with Gasteiger partial charge < -0.3 is 9.80 Å². The first-order valence-electron chi connectivity index (χ1n) is 8.49. The van der Waals surface area contributed by atoms with Gasteiger partial charge in [0.1, 0.15) is 10.9 Å². The molecule has 1 fully saturated rings. The van der Waals surface area contributed by atoms with E-state index in [1.54, 1.807) is 0 Å². The lowest BCUT2D eigenvalue weighted by atomic mass is 10.2. The molecule has 0 unspecified atom stereocenters. The maximum Gasteiger partial charge on any atom is 0.235 e. The van der Waals surface area contributed by atoms with Gasteiger partial charge in [-0.15, -0.1) is 0 Å². The lowest BCUT2D eigenvalue weighted by Crippen LogP contribution is -2.50. The van der Waals surface area contributed by atoms with Crippen LogP contribution >= 0.6 is 11.8 Å². The first-order valence-corrected chi connectivity index (χ1v) is 9.37. The van der Waals surface area contributed by atoms with Crippen molar-refractivity contribution in [3.63, 3.8) is 0 Å². The molecule has 6 heteroatoms. The van der Waals surface area contributed by atoms with Crippen molar-refractivity contribution in [2.75, 3.05) is 32.7 Å². The minimum absolute atomic E-state index is 0.143. The molecule has 0 aliphatic carbocycles. The summed E-state index contributed by atoms with van der Waals surface area (Å²) in [6.07, 6.45) is 0. The molecule has 0 saturated carbocycles. The van der Waals surface area contributed by atoms with Crippen LogP contribution < -0.4 is 0 Å². The second kappa shape index (κ2) is 7.49. The van der Waals surface area contributed by atoms with Crippen molar-refractivity contribution < 1.29 is 4.79 Å². The number of piperazine rings is 1. The zero-order valence-corrected chi connectivity index (χ0v) is 15.3. The van der Waals surface area contributed by atoms with Crippen molar-refractivity contribution in [3.8, 4) is 0 Å². The molecule has 0 bridgehead atoms. The second-order valence-electron chi connectivity index (χ2n) is 6.11. The van der Waals surface area contributed by atoms with Gasteiger partial charge in [0.15, 0.2) is 0 Å². The highest BCUT2D eigenvalue weighted by Gasteiger charge is 2.25. The van der Waals surface area contributed by atoms with E-state index in [0.717, 1.165) is 54.5 Å². The molecule has 24 heavy (non-hydrogen) atoms. The molecule has 0 radical (unpaired) electrons. The molecule has 1 aromatic carbocycles. The highest BCUT2D eigenvalue weighted by molar-refractivity contribution is 8.00. The fourth-order valence-corrected chi connectivity index (χ4v) is 4.08. The Hall–Kier alpha value is -1.66. The number of amides is 1. The summed E-state index contributed by atoms with van der Waals surface area (Å²) in [5.41, 5.74) is 0.934. The molecule has 1 aliphatic heterocycles. The molecule has 1 aliphatic rings. The number of fused-ring (bicyclic) bond motifs is 1. The third-order valence-electron chi connectivity index (χ3n) is 4.45. The normalized spacial score (nSPS) is 17.2. The second-order valence-corrected chi connectivity index (χ2v) is 7.44. The Balaban J connectivity index is 1.73. The van der Waals surface area contributed by atoms with Gasteiger partial charge in [0.2, 0.25) is 5.91 Å². The van der Waals surface area contributed by atoms with Gasteiger partial charge >= 0.3 is 0 Å². The van der Waals surface area contributed by atoms with Gasteiger partial charge in [0.25, 0.3) is 0 Å². The van der Waals surface area contributed by atoms with E-state index in [0.29, 0.717) is 0 Å². The summed E-state index contributed by atoms with van der Waals surface area (Å²) in [6.45, 7) is 10.7. The fourth-order valence-electron chi connectivity index (χ4n) is 3.01. The summed E-state index contributed by atoms with van der Waals surface area (Å²) in [5, 5.41) is 1.77. The number of hydrogen-bond acceptors (Lipinski definition) is 5. The van der Waals surface area contributed by atoms with E-state index in [4.69, 9.17) is 0 Å². The lowest BCUT2D eigenvalue weighted by Gasteiger charge is -2.35. The maximum absolute atomic E-state index is 12.8. The van der Waals surface area contributed by atoms with E-state index in [-0.39, 0.29) is 11.2 Å². The van der Waals surface area contributed by atoms with Crippen molar-refractivity contribution in [2.24, 2.45) is 0 Å². The van der Waals surface area contributed by atoms with E-state index >= 15 is 0 Å². The number of benzene rings is 1. The van der Waals surface area contributed by atoms with Crippen molar-refractivity contribution in [2.45, 2.75) is 31.0 Å². The van der Waals surface area contributed by atoms with Crippen LogP contribution in [0.15, 0.2) is 29.3 Å². The summed E-state index contributed by atoms with van der Waals surface area (Å²) in [4.78, 5) is 26.2. The molecule has 3 rings (SSSR count). The molecular weight excluding hydrogens is 320 g/mol. The topological polar surface area (TPSA) is 49.3 Å². The van der Waals surface area contributed by atoms with Crippen LogP contribution in [0.1, 0.15) is 19.7 Å². The molecule has 1 aromatic heterocycles. The number of thioether (sulfide) groups is 1. The molecule has 1 saturated heterocycles. The van der Waals surface area contributed by atoms with Gasteiger partial charge in [-0.1, -0.05) is 36.9 Å². The average molecular weight is 344 g/mol. The van der Waals surface area contributed by atoms with Gasteiger partial charge in [-0.25, -0.2) is 9.97 Å². The van der Waals surface area contributed by atoms with E-state index in [9.17, 15) is 4.79 Å². The Bertz CT molecular complexity index is 728. The van der Waals surface area contributed by atoms with Crippen molar-refractivity contribution in [1.82, 2.24) is 19.8 Å². The molecule has 1 amide bonds. The van der Waals surface area contributed by atoms with Gasteiger partial charge in [-0.2, -0.15) is 0 Å². The average Bonchev–Trinajstić information content (AvgIpc) is 2.61. The molecule has 2 aromatic rings. The molecule has 2 heterocycles. The van der Waals surface area contributed by atoms with Crippen LogP contribution in [0.3, 0.4) is 0 Å². The van der Waals surface area contributed by atoms with Gasteiger partial charge in [0, 0.05) is 31.6 Å². The van der Waals surface area contributed by atoms with Crippen LogP contribution in [0.25, 0.3) is 10.9 Å². The van der Waals surface area contributed by atoms with Crippen LogP contribution in [0.2, 0.25) is 0 Å². The number of likely N-dealkylation sites (N-methyl/N-ethyl adjacent to an activating group) is 1. The number of aryl methyl sites for hydroxylation is 1. The predicted octanol–water partition coefficient (Wildman–Crippen LogP) is 2.58.